The predicted octanol–water partition coefficient (Wildman–Crippen LogP) is 2.95. The second-order valence-corrected chi connectivity index (χ2v) is 4.93. The summed E-state index contributed by atoms with van der Waals surface area (Å²) in [6.07, 6.45) is 2.68. The van der Waals surface area contributed by atoms with Crippen LogP contribution in [0.1, 0.15) is 24.8 Å². The summed E-state index contributed by atoms with van der Waals surface area (Å²) in [5.41, 5.74) is 1.33. The van der Waals surface area contributed by atoms with E-state index < -0.39 is 0 Å². The standard InChI is InChI=1S/C16H18O5/c1-21-16-8-10(3-7-14(16)19)2-6-13(18)12-5-4-11(17)9-15(12)20/h3,7-9,18-20H,2,4-6H2,1H3. The number of aromatic hydroxyl groups is 1. The number of ketones is 1. The van der Waals surface area contributed by atoms with Crippen molar-refractivity contribution in [2.24, 2.45) is 0 Å². The van der Waals surface area contributed by atoms with Crippen molar-refractivity contribution in [2.45, 2.75) is 25.7 Å². The summed E-state index contributed by atoms with van der Waals surface area (Å²) in [5, 5.41) is 29.3. The Morgan fingerprint density at radius 2 is 2.05 bits per heavy atom. The van der Waals surface area contributed by atoms with Crippen LogP contribution in [-0.2, 0) is 11.2 Å². The first-order valence-corrected chi connectivity index (χ1v) is 6.72. The number of aliphatic hydroxyl groups is 2. The molecule has 0 aliphatic heterocycles. The molecule has 1 aromatic carbocycles. The third-order valence-corrected chi connectivity index (χ3v) is 3.47. The van der Waals surface area contributed by atoms with Gasteiger partial charge in [-0.15, -0.1) is 0 Å². The molecule has 3 N–H and O–H groups in total. The first kappa shape index (κ1) is 15.0. The van der Waals surface area contributed by atoms with Gasteiger partial charge in [0, 0.05) is 24.5 Å². The number of hydrogen-bond donors (Lipinski definition) is 3. The maximum absolute atomic E-state index is 11.1. The largest absolute Gasteiger partial charge is 0.512 e. The third-order valence-electron chi connectivity index (χ3n) is 3.47. The molecular formula is C16H18O5. The minimum absolute atomic E-state index is 0.0650. The van der Waals surface area contributed by atoms with Gasteiger partial charge < -0.3 is 20.1 Å². The van der Waals surface area contributed by atoms with Crippen molar-refractivity contribution in [3.63, 3.8) is 0 Å². The smallest absolute Gasteiger partial charge is 0.160 e. The highest BCUT2D eigenvalue weighted by Gasteiger charge is 2.18. The SMILES string of the molecule is COc1cc(CCC(O)=C2CCC(=O)C=C2O)ccc1O. The molecule has 5 nitrogen and oxygen atoms in total. The summed E-state index contributed by atoms with van der Waals surface area (Å²) in [4.78, 5) is 11.1. The summed E-state index contributed by atoms with van der Waals surface area (Å²) in [6.45, 7) is 0. The fraction of sp³-hybridized carbons (Fsp3) is 0.312. The van der Waals surface area contributed by atoms with Crippen LogP contribution in [-0.4, -0.2) is 28.2 Å². The highest BCUT2D eigenvalue weighted by molar-refractivity contribution is 5.92. The Morgan fingerprint density at radius 3 is 2.71 bits per heavy atom. The summed E-state index contributed by atoms with van der Waals surface area (Å²) in [6, 6.07) is 4.98. The van der Waals surface area contributed by atoms with Gasteiger partial charge in [-0.05, 0) is 30.5 Å². The molecule has 0 bridgehead atoms. The highest BCUT2D eigenvalue weighted by atomic mass is 16.5. The van der Waals surface area contributed by atoms with Crippen LogP contribution in [0.4, 0.5) is 0 Å². The topological polar surface area (TPSA) is 87.0 Å². The summed E-state index contributed by atoms with van der Waals surface area (Å²) in [5.74, 6) is 0.253. The lowest BCUT2D eigenvalue weighted by atomic mass is 9.96. The Labute approximate surface area is 122 Å². The molecule has 0 amide bonds. The molecule has 0 radical (unpaired) electrons. The molecule has 112 valence electrons. The van der Waals surface area contributed by atoms with Crippen LogP contribution in [0.2, 0.25) is 0 Å². The minimum atomic E-state index is -0.146. The number of phenols is 1. The number of hydrogen-bond acceptors (Lipinski definition) is 5. The zero-order chi connectivity index (χ0) is 15.4. The van der Waals surface area contributed by atoms with Crippen LogP contribution in [0.15, 0.2) is 41.4 Å². The Kier molecular flexibility index (Phi) is 4.52. The van der Waals surface area contributed by atoms with Crippen LogP contribution in [0.5, 0.6) is 11.5 Å². The van der Waals surface area contributed by atoms with E-state index in [2.05, 4.69) is 0 Å². The average Bonchev–Trinajstić information content (AvgIpc) is 2.46. The molecule has 5 heteroatoms. The summed E-state index contributed by atoms with van der Waals surface area (Å²) in [7, 11) is 1.47. The Bertz CT molecular complexity index is 613. The predicted molar refractivity (Wildman–Crippen MR) is 77.6 cm³/mol. The van der Waals surface area contributed by atoms with Gasteiger partial charge in [-0.1, -0.05) is 6.07 Å². The van der Waals surface area contributed by atoms with Crippen molar-refractivity contribution in [3.8, 4) is 11.5 Å². The van der Waals surface area contributed by atoms with Crippen molar-refractivity contribution in [2.75, 3.05) is 7.11 Å². The number of rotatable bonds is 4. The molecule has 21 heavy (non-hydrogen) atoms. The van der Waals surface area contributed by atoms with Crippen molar-refractivity contribution in [3.05, 3.63) is 46.9 Å². The fourth-order valence-corrected chi connectivity index (χ4v) is 2.27. The van der Waals surface area contributed by atoms with E-state index in [9.17, 15) is 20.1 Å². The van der Waals surface area contributed by atoms with Crippen LogP contribution in [0.3, 0.4) is 0 Å². The summed E-state index contributed by atoms with van der Waals surface area (Å²) < 4.78 is 5.03. The number of allylic oxidation sites excluding steroid dienone is 3. The monoisotopic (exact) mass is 290 g/mol. The second-order valence-electron chi connectivity index (χ2n) is 4.93. The number of methoxy groups -OCH3 is 1. The Hall–Kier alpha value is -2.43. The normalized spacial score (nSPS) is 17.4. The molecule has 0 spiro atoms. The molecule has 0 saturated carbocycles. The van der Waals surface area contributed by atoms with Crippen molar-refractivity contribution < 1.29 is 24.9 Å². The Morgan fingerprint density at radius 1 is 1.29 bits per heavy atom. The first-order valence-electron chi connectivity index (χ1n) is 6.72. The van der Waals surface area contributed by atoms with Crippen LogP contribution in [0.25, 0.3) is 0 Å². The van der Waals surface area contributed by atoms with Crippen molar-refractivity contribution in [1.82, 2.24) is 0 Å². The van der Waals surface area contributed by atoms with Gasteiger partial charge in [0.05, 0.1) is 12.9 Å². The number of ether oxygens (including phenoxy) is 1. The van der Waals surface area contributed by atoms with E-state index in [4.69, 9.17) is 4.74 Å². The maximum atomic E-state index is 11.1. The maximum Gasteiger partial charge on any atom is 0.160 e. The number of benzene rings is 1. The van der Waals surface area contributed by atoms with E-state index in [0.29, 0.717) is 37.0 Å². The molecule has 0 unspecified atom stereocenters. The van der Waals surface area contributed by atoms with E-state index in [1.54, 1.807) is 12.1 Å². The number of aryl methyl sites for hydroxylation is 1. The highest BCUT2D eigenvalue weighted by Crippen LogP contribution is 2.28. The van der Waals surface area contributed by atoms with Crippen molar-refractivity contribution >= 4 is 5.78 Å². The zero-order valence-electron chi connectivity index (χ0n) is 11.8. The van der Waals surface area contributed by atoms with E-state index in [1.165, 1.54) is 13.2 Å². The second kappa shape index (κ2) is 6.35. The van der Waals surface area contributed by atoms with Crippen molar-refractivity contribution in [1.29, 1.82) is 0 Å². The lowest BCUT2D eigenvalue weighted by molar-refractivity contribution is -0.115. The molecule has 0 saturated heterocycles. The number of aliphatic hydroxyl groups excluding tert-OH is 2. The van der Waals surface area contributed by atoms with Gasteiger partial charge in [-0.2, -0.15) is 0 Å². The molecule has 1 aliphatic rings. The molecule has 0 aromatic heterocycles. The Balaban J connectivity index is 2.09. The van der Waals surface area contributed by atoms with E-state index in [1.807, 2.05) is 0 Å². The molecule has 0 heterocycles. The quantitative estimate of drug-likeness (QED) is 0.742. The van der Waals surface area contributed by atoms with Gasteiger partial charge >= 0.3 is 0 Å². The molecule has 0 fully saturated rings. The fourth-order valence-electron chi connectivity index (χ4n) is 2.27. The third kappa shape index (κ3) is 3.56. The van der Waals surface area contributed by atoms with Gasteiger partial charge in [0.2, 0.25) is 0 Å². The van der Waals surface area contributed by atoms with Gasteiger partial charge in [-0.3, -0.25) is 4.79 Å². The number of carbonyl (C=O) groups excluding carboxylic acids is 1. The van der Waals surface area contributed by atoms with Gasteiger partial charge in [0.15, 0.2) is 17.3 Å². The molecule has 1 aliphatic carbocycles. The molecule has 0 atom stereocenters. The van der Waals surface area contributed by atoms with Crippen LogP contribution >= 0.6 is 0 Å². The van der Waals surface area contributed by atoms with Crippen LogP contribution < -0.4 is 4.74 Å². The van der Waals surface area contributed by atoms with Crippen LogP contribution in [0, 0.1) is 0 Å². The first-order chi connectivity index (χ1) is 10.0. The molecular weight excluding hydrogens is 272 g/mol. The average molecular weight is 290 g/mol. The minimum Gasteiger partial charge on any atom is -0.512 e. The summed E-state index contributed by atoms with van der Waals surface area (Å²) >= 11 is 0. The van der Waals surface area contributed by atoms with Gasteiger partial charge in [0.1, 0.15) is 5.76 Å². The number of carbonyl (C=O) groups is 1. The lowest BCUT2D eigenvalue weighted by Gasteiger charge is -2.14. The van der Waals surface area contributed by atoms with E-state index >= 15 is 0 Å². The lowest BCUT2D eigenvalue weighted by Crippen LogP contribution is -2.08. The van der Waals surface area contributed by atoms with Gasteiger partial charge in [0.25, 0.3) is 0 Å². The number of phenolic OH excluding ortho intramolecular Hbond substituents is 1. The van der Waals surface area contributed by atoms with E-state index in [-0.39, 0.29) is 23.1 Å². The molecule has 1 aromatic rings. The molecule has 2 rings (SSSR count). The van der Waals surface area contributed by atoms with E-state index in [0.717, 1.165) is 11.6 Å². The zero-order valence-corrected chi connectivity index (χ0v) is 11.8. The van der Waals surface area contributed by atoms with Gasteiger partial charge in [-0.25, -0.2) is 0 Å².